The molecule has 0 saturated heterocycles. The Labute approximate surface area is 149 Å². The lowest BCUT2D eigenvalue weighted by molar-refractivity contribution is 0.159. The largest absolute Gasteiger partial charge is 0.268 e. The first-order chi connectivity index (χ1) is 11.9. The quantitative estimate of drug-likeness (QED) is 0.806. The van der Waals surface area contributed by atoms with Crippen LogP contribution in [-0.2, 0) is 18.5 Å². The third-order valence-electron chi connectivity index (χ3n) is 4.79. The summed E-state index contributed by atoms with van der Waals surface area (Å²) in [4.78, 5) is 14.5. The highest BCUT2D eigenvalue weighted by Gasteiger charge is 2.28. The number of hydrogen-bond donors (Lipinski definition) is 0. The molecule has 4 heteroatoms. The first kappa shape index (κ1) is 17.4. The van der Waals surface area contributed by atoms with Crippen LogP contribution in [0.2, 0.25) is 0 Å². The molecule has 130 valence electrons. The van der Waals surface area contributed by atoms with Crippen LogP contribution in [0.4, 0.5) is 0 Å². The van der Waals surface area contributed by atoms with Crippen LogP contribution >= 0.6 is 0 Å². The second-order valence-corrected chi connectivity index (χ2v) is 7.65. The van der Waals surface area contributed by atoms with Gasteiger partial charge in [0.15, 0.2) is 0 Å². The lowest BCUT2D eigenvalue weighted by Crippen LogP contribution is -2.37. The molecule has 1 aliphatic rings. The number of fused-ring (bicyclic) bond motifs is 1. The van der Waals surface area contributed by atoms with Gasteiger partial charge in [-0.3, -0.25) is 9.69 Å². The van der Waals surface area contributed by atoms with Gasteiger partial charge in [-0.1, -0.05) is 51.0 Å². The van der Waals surface area contributed by atoms with E-state index in [-0.39, 0.29) is 17.0 Å². The van der Waals surface area contributed by atoms with E-state index in [9.17, 15) is 4.79 Å². The first-order valence-corrected chi connectivity index (χ1v) is 8.74. The predicted molar refractivity (Wildman–Crippen MR) is 100 cm³/mol. The van der Waals surface area contributed by atoms with Gasteiger partial charge in [0, 0.05) is 17.5 Å². The van der Waals surface area contributed by atoms with Crippen molar-refractivity contribution < 1.29 is 0 Å². The van der Waals surface area contributed by atoms with E-state index in [4.69, 9.17) is 6.42 Å². The lowest BCUT2D eigenvalue weighted by atomic mass is 9.92. The molecule has 3 rings (SSSR count). The topological polar surface area (TPSA) is 38.1 Å². The Hall–Kier alpha value is -2.38. The summed E-state index contributed by atoms with van der Waals surface area (Å²) in [6.45, 7) is 7.18. The zero-order chi connectivity index (χ0) is 18.0. The van der Waals surface area contributed by atoms with Gasteiger partial charge in [-0.15, -0.1) is 6.42 Å². The highest BCUT2D eigenvalue weighted by atomic mass is 16.1. The van der Waals surface area contributed by atoms with Gasteiger partial charge in [0.1, 0.15) is 0 Å². The number of terminal acetylenes is 1. The molecule has 0 aliphatic heterocycles. The molecule has 0 spiro atoms. The monoisotopic (exact) mass is 335 g/mol. The first-order valence-electron chi connectivity index (χ1n) is 8.74. The number of aryl methyl sites for hydroxylation is 1. The minimum atomic E-state index is -0.105. The molecule has 0 saturated carbocycles. The third-order valence-corrected chi connectivity index (χ3v) is 4.79. The molecule has 1 aromatic carbocycles. The molecule has 0 unspecified atom stereocenters. The van der Waals surface area contributed by atoms with Crippen LogP contribution in [0.1, 0.15) is 50.1 Å². The fourth-order valence-electron chi connectivity index (χ4n) is 3.41. The molecule has 0 amide bonds. The summed E-state index contributed by atoms with van der Waals surface area (Å²) in [6.07, 6.45) is 7.68. The fraction of sp³-hybridized carbons (Fsp3) is 0.429. The number of hydrogen-bond acceptors (Lipinski definition) is 3. The smallest absolute Gasteiger partial charge is 0.267 e. The van der Waals surface area contributed by atoms with Gasteiger partial charge in [0.05, 0.1) is 18.9 Å². The summed E-state index contributed by atoms with van der Waals surface area (Å²) in [6, 6.07) is 12.1. The standard InChI is InChI=1S/C21H25N3O/c1-5-14-23(18-11-10-16-8-6-7-9-17(16)18)15-24-20(25)13-12-19(22-24)21(2,3)4/h1,6-9,12-13,18H,10-11,14-15H2,2-4H3/t18-/m0/s1. The summed E-state index contributed by atoms with van der Waals surface area (Å²) >= 11 is 0. The highest BCUT2D eigenvalue weighted by molar-refractivity contribution is 5.34. The van der Waals surface area contributed by atoms with E-state index in [1.165, 1.54) is 11.1 Å². The van der Waals surface area contributed by atoms with E-state index in [1.807, 2.05) is 6.07 Å². The maximum absolute atomic E-state index is 12.3. The van der Waals surface area contributed by atoms with E-state index in [2.05, 4.69) is 61.0 Å². The molecule has 0 radical (unpaired) electrons. The van der Waals surface area contributed by atoms with Crippen molar-refractivity contribution in [2.75, 3.05) is 6.54 Å². The summed E-state index contributed by atoms with van der Waals surface area (Å²) < 4.78 is 1.54. The number of aromatic nitrogens is 2. The summed E-state index contributed by atoms with van der Waals surface area (Å²) in [5.74, 6) is 2.74. The Morgan fingerprint density at radius 1 is 1.28 bits per heavy atom. The molecule has 1 atom stereocenters. The van der Waals surface area contributed by atoms with Crippen LogP contribution in [0.3, 0.4) is 0 Å². The Morgan fingerprint density at radius 2 is 2.04 bits per heavy atom. The lowest BCUT2D eigenvalue weighted by Gasteiger charge is -2.28. The molecule has 1 aromatic heterocycles. The molecule has 0 bridgehead atoms. The van der Waals surface area contributed by atoms with Crippen LogP contribution in [0.25, 0.3) is 0 Å². The molecule has 25 heavy (non-hydrogen) atoms. The Bertz CT molecular complexity index is 854. The molecule has 2 aromatic rings. The predicted octanol–water partition coefficient (Wildman–Crippen LogP) is 3.12. The molecule has 0 N–H and O–H groups in total. The van der Waals surface area contributed by atoms with Crippen LogP contribution in [0, 0.1) is 12.3 Å². The van der Waals surface area contributed by atoms with Gasteiger partial charge < -0.3 is 0 Å². The Balaban J connectivity index is 1.92. The molecular weight excluding hydrogens is 310 g/mol. The van der Waals surface area contributed by atoms with Gasteiger partial charge in [0.2, 0.25) is 0 Å². The van der Waals surface area contributed by atoms with Crippen molar-refractivity contribution in [3.05, 3.63) is 63.6 Å². The van der Waals surface area contributed by atoms with E-state index in [0.717, 1.165) is 18.5 Å². The number of nitrogens with zero attached hydrogens (tertiary/aromatic N) is 3. The van der Waals surface area contributed by atoms with Crippen LogP contribution in [0.5, 0.6) is 0 Å². The normalized spacial score (nSPS) is 16.7. The second kappa shape index (κ2) is 6.85. The van der Waals surface area contributed by atoms with Gasteiger partial charge in [-0.05, 0) is 30.0 Å². The van der Waals surface area contributed by atoms with Crippen molar-refractivity contribution >= 4 is 0 Å². The van der Waals surface area contributed by atoms with Crippen molar-refractivity contribution in [3.8, 4) is 12.3 Å². The van der Waals surface area contributed by atoms with Crippen molar-refractivity contribution in [3.63, 3.8) is 0 Å². The van der Waals surface area contributed by atoms with Crippen LogP contribution in [-0.4, -0.2) is 21.2 Å². The maximum atomic E-state index is 12.3. The molecular formula is C21H25N3O. The molecule has 1 aliphatic carbocycles. The highest BCUT2D eigenvalue weighted by Crippen LogP contribution is 2.35. The van der Waals surface area contributed by atoms with E-state index in [1.54, 1.807) is 10.7 Å². The summed E-state index contributed by atoms with van der Waals surface area (Å²) in [5.41, 5.74) is 3.39. The fourth-order valence-corrected chi connectivity index (χ4v) is 3.41. The van der Waals surface area contributed by atoms with Crippen molar-refractivity contribution in [2.24, 2.45) is 0 Å². The zero-order valence-electron chi connectivity index (χ0n) is 15.2. The average molecular weight is 335 g/mol. The second-order valence-electron chi connectivity index (χ2n) is 7.65. The molecule has 4 nitrogen and oxygen atoms in total. The minimum Gasteiger partial charge on any atom is -0.268 e. The number of benzene rings is 1. The van der Waals surface area contributed by atoms with E-state index >= 15 is 0 Å². The van der Waals surface area contributed by atoms with Crippen LogP contribution in [0.15, 0.2) is 41.2 Å². The average Bonchev–Trinajstić information content (AvgIpc) is 2.99. The van der Waals surface area contributed by atoms with E-state index < -0.39 is 0 Å². The van der Waals surface area contributed by atoms with Gasteiger partial charge in [-0.2, -0.15) is 5.10 Å². The van der Waals surface area contributed by atoms with Crippen LogP contribution < -0.4 is 5.56 Å². The van der Waals surface area contributed by atoms with Gasteiger partial charge in [0.25, 0.3) is 5.56 Å². The minimum absolute atomic E-state index is 0.0960. The van der Waals surface area contributed by atoms with Crippen molar-refractivity contribution in [2.45, 2.75) is 51.7 Å². The summed E-state index contributed by atoms with van der Waals surface area (Å²) in [7, 11) is 0. The SMILES string of the molecule is C#CCN(Cn1nc(C(C)(C)C)ccc1=O)[C@H]1CCc2ccccc21. The van der Waals surface area contributed by atoms with Crippen molar-refractivity contribution in [1.82, 2.24) is 14.7 Å². The van der Waals surface area contributed by atoms with E-state index in [0.29, 0.717) is 13.2 Å². The molecule has 1 heterocycles. The van der Waals surface area contributed by atoms with Gasteiger partial charge >= 0.3 is 0 Å². The Morgan fingerprint density at radius 3 is 2.76 bits per heavy atom. The third kappa shape index (κ3) is 3.67. The maximum Gasteiger partial charge on any atom is 0.267 e. The molecule has 0 fully saturated rings. The number of rotatable bonds is 4. The van der Waals surface area contributed by atoms with Crippen molar-refractivity contribution in [1.29, 1.82) is 0 Å². The zero-order valence-corrected chi connectivity index (χ0v) is 15.2. The van der Waals surface area contributed by atoms with Gasteiger partial charge in [-0.25, -0.2) is 4.68 Å². The Kier molecular flexibility index (Phi) is 4.78. The summed E-state index contributed by atoms with van der Waals surface area (Å²) in [5, 5.41) is 4.59.